The molecular formula is C14H22N2O2. The van der Waals surface area contributed by atoms with Crippen molar-refractivity contribution < 1.29 is 9.53 Å². The summed E-state index contributed by atoms with van der Waals surface area (Å²) in [7, 11) is 0. The molecule has 0 spiro atoms. The average molecular weight is 250 g/mol. The van der Waals surface area contributed by atoms with E-state index in [9.17, 15) is 4.79 Å². The summed E-state index contributed by atoms with van der Waals surface area (Å²) in [6, 6.07) is 1.70. The summed E-state index contributed by atoms with van der Waals surface area (Å²) in [4.78, 5) is 16.3. The molecular weight excluding hydrogens is 228 g/mol. The van der Waals surface area contributed by atoms with Crippen LogP contribution in [0.3, 0.4) is 0 Å². The van der Waals surface area contributed by atoms with Crippen molar-refractivity contribution in [2.75, 3.05) is 0 Å². The van der Waals surface area contributed by atoms with E-state index in [0.717, 1.165) is 6.42 Å². The topological polar surface area (TPSA) is 65.2 Å². The minimum atomic E-state index is -0.840. The quantitative estimate of drug-likeness (QED) is 0.788. The summed E-state index contributed by atoms with van der Waals surface area (Å²) < 4.78 is 5.52. The molecule has 1 heterocycles. The molecule has 4 nitrogen and oxygen atoms in total. The van der Waals surface area contributed by atoms with Crippen molar-refractivity contribution in [2.45, 2.75) is 52.2 Å². The van der Waals surface area contributed by atoms with Gasteiger partial charge in [-0.1, -0.05) is 13.3 Å². The molecule has 0 bridgehead atoms. The highest BCUT2D eigenvalue weighted by molar-refractivity contribution is 6.02. The van der Waals surface area contributed by atoms with Crippen molar-refractivity contribution >= 4 is 5.78 Å². The summed E-state index contributed by atoms with van der Waals surface area (Å²) in [5.74, 6) is 0.509. The Balaban J connectivity index is 2.92. The van der Waals surface area contributed by atoms with Gasteiger partial charge in [0.25, 0.3) is 0 Å². The highest BCUT2D eigenvalue weighted by Crippen LogP contribution is 2.19. The first-order valence-corrected chi connectivity index (χ1v) is 6.32. The van der Waals surface area contributed by atoms with Gasteiger partial charge in [0.1, 0.15) is 5.75 Å². The monoisotopic (exact) mass is 250 g/mol. The van der Waals surface area contributed by atoms with E-state index in [-0.39, 0.29) is 11.9 Å². The summed E-state index contributed by atoms with van der Waals surface area (Å²) in [6.45, 7) is 7.63. The van der Waals surface area contributed by atoms with E-state index in [0.29, 0.717) is 17.7 Å². The fraction of sp³-hybridized carbons (Fsp3) is 0.571. The zero-order chi connectivity index (χ0) is 13.8. The van der Waals surface area contributed by atoms with Crippen LogP contribution >= 0.6 is 0 Å². The van der Waals surface area contributed by atoms with Gasteiger partial charge in [-0.25, -0.2) is 0 Å². The first-order chi connectivity index (χ1) is 8.36. The molecule has 0 saturated carbocycles. The lowest BCUT2D eigenvalue weighted by Crippen LogP contribution is -2.44. The van der Waals surface area contributed by atoms with Gasteiger partial charge in [-0.05, 0) is 33.3 Å². The minimum absolute atomic E-state index is 0.0528. The third kappa shape index (κ3) is 3.81. The molecule has 1 unspecified atom stereocenters. The van der Waals surface area contributed by atoms with Crippen molar-refractivity contribution in [3.8, 4) is 5.75 Å². The van der Waals surface area contributed by atoms with E-state index in [2.05, 4.69) is 4.98 Å². The number of aromatic nitrogens is 1. The third-order valence-corrected chi connectivity index (χ3v) is 2.64. The lowest BCUT2D eigenvalue weighted by Gasteiger charge is -2.22. The summed E-state index contributed by atoms with van der Waals surface area (Å²) in [5.41, 5.74) is 5.70. The molecule has 0 aromatic carbocycles. The van der Waals surface area contributed by atoms with Gasteiger partial charge in [0.05, 0.1) is 17.8 Å². The van der Waals surface area contributed by atoms with Gasteiger partial charge in [-0.2, -0.15) is 0 Å². The van der Waals surface area contributed by atoms with E-state index < -0.39 is 5.54 Å². The number of ether oxygens (including phenoxy) is 1. The molecule has 1 aromatic heterocycles. The Morgan fingerprint density at radius 1 is 1.50 bits per heavy atom. The fourth-order valence-electron chi connectivity index (χ4n) is 1.84. The zero-order valence-corrected chi connectivity index (χ0v) is 11.6. The number of carbonyl (C=O) groups excluding carboxylic acids is 1. The van der Waals surface area contributed by atoms with E-state index in [1.165, 1.54) is 6.20 Å². The molecule has 1 aromatic rings. The van der Waals surface area contributed by atoms with Crippen LogP contribution in [-0.2, 0) is 0 Å². The number of nitrogens with zero attached hydrogens (tertiary/aromatic N) is 1. The Morgan fingerprint density at radius 2 is 2.17 bits per heavy atom. The van der Waals surface area contributed by atoms with Crippen molar-refractivity contribution in [1.29, 1.82) is 0 Å². The molecule has 0 aliphatic rings. The fourth-order valence-corrected chi connectivity index (χ4v) is 1.84. The van der Waals surface area contributed by atoms with Crippen molar-refractivity contribution in [3.63, 3.8) is 0 Å². The molecule has 1 rings (SSSR count). The maximum absolute atomic E-state index is 12.3. The van der Waals surface area contributed by atoms with E-state index in [1.54, 1.807) is 19.2 Å². The van der Waals surface area contributed by atoms with E-state index in [4.69, 9.17) is 10.5 Å². The zero-order valence-electron chi connectivity index (χ0n) is 11.6. The van der Waals surface area contributed by atoms with E-state index in [1.807, 2.05) is 20.8 Å². The second-order valence-corrected chi connectivity index (χ2v) is 5.07. The van der Waals surface area contributed by atoms with Gasteiger partial charge < -0.3 is 10.5 Å². The number of rotatable bonds is 6. The van der Waals surface area contributed by atoms with E-state index >= 15 is 0 Å². The van der Waals surface area contributed by atoms with Gasteiger partial charge in [-0.15, -0.1) is 0 Å². The van der Waals surface area contributed by atoms with Crippen LogP contribution in [0.25, 0.3) is 0 Å². The number of Topliss-reactive ketones (excluding diaryl/α,β-unsaturated/α-hetero) is 1. The van der Waals surface area contributed by atoms with Crippen LogP contribution < -0.4 is 10.5 Å². The molecule has 0 radical (unpaired) electrons. The van der Waals surface area contributed by atoms with Gasteiger partial charge in [0.2, 0.25) is 0 Å². The van der Waals surface area contributed by atoms with Crippen molar-refractivity contribution in [1.82, 2.24) is 4.98 Å². The first kappa shape index (κ1) is 14.6. The molecule has 4 heteroatoms. The molecule has 0 saturated heterocycles. The maximum Gasteiger partial charge on any atom is 0.184 e. The van der Waals surface area contributed by atoms with Crippen LogP contribution in [0.5, 0.6) is 5.75 Å². The molecule has 2 N–H and O–H groups in total. The molecule has 100 valence electrons. The van der Waals surface area contributed by atoms with Crippen LogP contribution in [0.2, 0.25) is 0 Å². The highest BCUT2D eigenvalue weighted by atomic mass is 16.5. The average Bonchev–Trinajstić information content (AvgIpc) is 2.27. The predicted molar refractivity (Wildman–Crippen MR) is 71.8 cm³/mol. The van der Waals surface area contributed by atoms with Crippen LogP contribution in [-0.4, -0.2) is 22.4 Å². The standard InChI is InChI=1S/C14H22N2O2/c1-5-6-14(4,15)13(17)11-7-12(9-16-8-11)18-10(2)3/h7-10H,5-6,15H2,1-4H3. The number of carbonyl (C=O) groups is 1. The maximum atomic E-state index is 12.3. The van der Waals surface area contributed by atoms with Crippen molar-refractivity contribution in [3.05, 3.63) is 24.0 Å². The molecule has 0 amide bonds. The van der Waals surface area contributed by atoms with Gasteiger partial charge >= 0.3 is 0 Å². The first-order valence-electron chi connectivity index (χ1n) is 6.32. The Bertz CT molecular complexity index is 414. The lowest BCUT2D eigenvalue weighted by atomic mass is 9.89. The summed E-state index contributed by atoms with van der Waals surface area (Å²) >= 11 is 0. The number of hydrogen-bond acceptors (Lipinski definition) is 4. The Hall–Kier alpha value is -1.42. The Kier molecular flexibility index (Phi) is 4.84. The van der Waals surface area contributed by atoms with Crippen LogP contribution in [0, 0.1) is 0 Å². The summed E-state index contributed by atoms with van der Waals surface area (Å²) in [5, 5.41) is 0. The third-order valence-electron chi connectivity index (χ3n) is 2.64. The SMILES string of the molecule is CCCC(C)(N)C(=O)c1cncc(OC(C)C)c1. The second kappa shape index (κ2) is 5.96. The van der Waals surface area contributed by atoms with Gasteiger partial charge in [0, 0.05) is 11.8 Å². The smallest absolute Gasteiger partial charge is 0.184 e. The molecule has 18 heavy (non-hydrogen) atoms. The number of pyridine rings is 1. The molecule has 0 fully saturated rings. The second-order valence-electron chi connectivity index (χ2n) is 5.07. The van der Waals surface area contributed by atoms with Crippen LogP contribution in [0.15, 0.2) is 18.5 Å². The van der Waals surface area contributed by atoms with Gasteiger partial charge in [-0.3, -0.25) is 9.78 Å². The molecule has 0 aliphatic carbocycles. The minimum Gasteiger partial charge on any atom is -0.489 e. The number of hydrogen-bond donors (Lipinski definition) is 1. The van der Waals surface area contributed by atoms with Crippen LogP contribution in [0.4, 0.5) is 0 Å². The van der Waals surface area contributed by atoms with Crippen molar-refractivity contribution in [2.24, 2.45) is 5.73 Å². The lowest BCUT2D eigenvalue weighted by molar-refractivity contribution is 0.0892. The summed E-state index contributed by atoms with van der Waals surface area (Å²) in [6.07, 6.45) is 4.72. The Labute approximate surface area is 109 Å². The Morgan fingerprint density at radius 3 is 2.72 bits per heavy atom. The van der Waals surface area contributed by atoms with Crippen LogP contribution in [0.1, 0.15) is 50.9 Å². The molecule has 1 atom stereocenters. The number of ketones is 1. The highest BCUT2D eigenvalue weighted by Gasteiger charge is 2.28. The normalized spacial score (nSPS) is 14.3. The predicted octanol–water partition coefficient (Wildman–Crippen LogP) is 2.57. The largest absolute Gasteiger partial charge is 0.489 e. The van der Waals surface area contributed by atoms with Gasteiger partial charge in [0.15, 0.2) is 5.78 Å². The molecule has 0 aliphatic heterocycles. The number of nitrogens with two attached hydrogens (primary N) is 1.